The molecule has 0 saturated carbocycles. The Labute approximate surface area is 151 Å². The number of rotatable bonds is 7. The van der Waals surface area contributed by atoms with Crippen LogP contribution in [0.4, 0.5) is 0 Å². The topological polar surface area (TPSA) is 0 Å². The molecule has 1 aliphatic carbocycles. The fraction of sp³-hybridized carbons (Fsp3) is 0.200. The molecule has 126 valence electrons. The molecule has 1 atom stereocenters. The Bertz CT molecular complexity index is 840. The second-order valence-electron chi connectivity index (χ2n) is 6.85. The van der Waals surface area contributed by atoms with Crippen molar-refractivity contribution in [3.8, 4) is 0 Å². The van der Waals surface area contributed by atoms with Crippen molar-refractivity contribution in [2.75, 3.05) is 0 Å². The van der Waals surface area contributed by atoms with E-state index in [0.29, 0.717) is 5.92 Å². The van der Waals surface area contributed by atoms with E-state index < -0.39 is 0 Å². The monoisotopic (exact) mass is 326 g/mol. The summed E-state index contributed by atoms with van der Waals surface area (Å²) in [4.78, 5) is 0. The number of fused-ring (bicyclic) bond motifs is 1. The van der Waals surface area contributed by atoms with Crippen molar-refractivity contribution in [1.29, 1.82) is 0 Å². The molecule has 0 aliphatic heterocycles. The quantitative estimate of drug-likeness (QED) is 0.381. The third-order valence-corrected chi connectivity index (χ3v) is 4.66. The van der Waals surface area contributed by atoms with Crippen molar-refractivity contribution in [3.63, 3.8) is 0 Å². The van der Waals surface area contributed by atoms with Crippen LogP contribution in [0.25, 0.3) is 10.8 Å². The number of allylic oxidation sites excluding steroid dienone is 8. The SMILES string of the molecule is C=C(/C=C\CC1C=CC=CC1)CC(=C)Cc1cccc2ccccc12. The minimum absolute atomic E-state index is 0.632. The van der Waals surface area contributed by atoms with E-state index in [-0.39, 0.29) is 0 Å². The normalized spacial score (nSPS) is 16.6. The summed E-state index contributed by atoms with van der Waals surface area (Å²) in [5.41, 5.74) is 3.70. The summed E-state index contributed by atoms with van der Waals surface area (Å²) in [7, 11) is 0. The Morgan fingerprint density at radius 1 is 1.04 bits per heavy atom. The Kier molecular flexibility index (Phi) is 5.85. The average Bonchev–Trinajstić information content (AvgIpc) is 2.63. The molecule has 0 N–H and O–H groups in total. The van der Waals surface area contributed by atoms with E-state index >= 15 is 0 Å². The van der Waals surface area contributed by atoms with Gasteiger partial charge in [0.2, 0.25) is 0 Å². The highest BCUT2D eigenvalue weighted by Crippen LogP contribution is 2.23. The summed E-state index contributed by atoms with van der Waals surface area (Å²) < 4.78 is 0. The highest BCUT2D eigenvalue weighted by atomic mass is 14.1. The van der Waals surface area contributed by atoms with E-state index in [1.54, 1.807) is 0 Å². The standard InChI is InChI=1S/C25H26/c1-20(10-8-13-22-11-4-3-5-12-22)18-21(2)19-24-16-9-15-23-14-6-7-17-25(23)24/h3-11,14-17,22H,1-2,12-13,18-19H2/b10-8-. The van der Waals surface area contributed by atoms with Crippen molar-refractivity contribution < 1.29 is 0 Å². The highest BCUT2D eigenvalue weighted by molar-refractivity contribution is 5.85. The Morgan fingerprint density at radius 3 is 2.72 bits per heavy atom. The van der Waals surface area contributed by atoms with Crippen LogP contribution in [-0.2, 0) is 6.42 Å². The van der Waals surface area contributed by atoms with Crippen molar-refractivity contribution in [1.82, 2.24) is 0 Å². The van der Waals surface area contributed by atoms with E-state index in [9.17, 15) is 0 Å². The predicted octanol–water partition coefficient (Wildman–Crippen LogP) is 6.96. The van der Waals surface area contributed by atoms with Crippen LogP contribution in [0, 0.1) is 5.92 Å². The van der Waals surface area contributed by atoms with Crippen LogP contribution in [0.2, 0.25) is 0 Å². The summed E-state index contributed by atoms with van der Waals surface area (Å²) in [6.45, 7) is 8.48. The van der Waals surface area contributed by atoms with Gasteiger partial charge in [0.05, 0.1) is 0 Å². The molecule has 2 aromatic rings. The van der Waals surface area contributed by atoms with Crippen LogP contribution >= 0.6 is 0 Å². The average molecular weight is 326 g/mol. The lowest BCUT2D eigenvalue weighted by Crippen LogP contribution is -1.95. The minimum Gasteiger partial charge on any atom is -0.0992 e. The zero-order chi connectivity index (χ0) is 17.5. The van der Waals surface area contributed by atoms with Gasteiger partial charge in [-0.25, -0.2) is 0 Å². The summed E-state index contributed by atoms with van der Waals surface area (Å²) in [6.07, 6.45) is 17.2. The predicted molar refractivity (Wildman–Crippen MR) is 111 cm³/mol. The van der Waals surface area contributed by atoms with Crippen LogP contribution in [0.15, 0.2) is 103 Å². The molecule has 0 spiro atoms. The molecule has 25 heavy (non-hydrogen) atoms. The van der Waals surface area contributed by atoms with Crippen LogP contribution in [-0.4, -0.2) is 0 Å². The second-order valence-corrected chi connectivity index (χ2v) is 6.85. The summed E-state index contributed by atoms with van der Waals surface area (Å²) >= 11 is 0. The highest BCUT2D eigenvalue weighted by Gasteiger charge is 2.04. The molecule has 0 nitrogen and oxygen atoms in total. The van der Waals surface area contributed by atoms with Gasteiger partial charge < -0.3 is 0 Å². The maximum absolute atomic E-state index is 4.28. The van der Waals surface area contributed by atoms with E-state index in [0.717, 1.165) is 31.3 Å². The molecule has 0 fully saturated rings. The van der Waals surface area contributed by atoms with Gasteiger partial charge in [0.15, 0.2) is 0 Å². The van der Waals surface area contributed by atoms with E-state index in [4.69, 9.17) is 0 Å². The second kappa shape index (κ2) is 8.48. The van der Waals surface area contributed by atoms with Gasteiger partial charge in [-0.3, -0.25) is 0 Å². The zero-order valence-corrected chi connectivity index (χ0v) is 14.8. The van der Waals surface area contributed by atoms with E-state index in [1.807, 2.05) is 0 Å². The molecule has 0 bridgehead atoms. The minimum atomic E-state index is 0.632. The number of hydrogen-bond acceptors (Lipinski definition) is 0. The molecule has 2 aromatic carbocycles. The fourth-order valence-corrected chi connectivity index (χ4v) is 3.37. The Hall–Kier alpha value is -2.60. The van der Waals surface area contributed by atoms with Gasteiger partial charge >= 0.3 is 0 Å². The van der Waals surface area contributed by atoms with Crippen LogP contribution in [0.1, 0.15) is 24.8 Å². The summed E-state index contributed by atoms with van der Waals surface area (Å²) in [6, 6.07) is 15.0. The van der Waals surface area contributed by atoms with Gasteiger partial charge in [-0.05, 0) is 47.9 Å². The van der Waals surface area contributed by atoms with Crippen molar-refractivity contribution in [2.45, 2.75) is 25.7 Å². The van der Waals surface area contributed by atoms with Crippen LogP contribution < -0.4 is 0 Å². The molecule has 0 amide bonds. The van der Waals surface area contributed by atoms with Crippen molar-refractivity contribution in [2.24, 2.45) is 5.92 Å². The maximum atomic E-state index is 4.28. The molecular weight excluding hydrogens is 300 g/mol. The Balaban J connectivity index is 1.54. The molecule has 0 radical (unpaired) electrons. The molecule has 0 heterocycles. The van der Waals surface area contributed by atoms with Crippen molar-refractivity contribution in [3.05, 3.63) is 109 Å². The van der Waals surface area contributed by atoms with E-state index in [2.05, 4.69) is 92.1 Å². The maximum Gasteiger partial charge on any atom is -0.00603 e. The molecular formula is C25H26. The lowest BCUT2D eigenvalue weighted by Gasteiger charge is -2.11. The Morgan fingerprint density at radius 2 is 1.88 bits per heavy atom. The smallest absolute Gasteiger partial charge is 0.00603 e. The van der Waals surface area contributed by atoms with Gasteiger partial charge in [-0.15, -0.1) is 0 Å². The van der Waals surface area contributed by atoms with Crippen LogP contribution in [0.5, 0.6) is 0 Å². The largest absolute Gasteiger partial charge is 0.0992 e. The fourth-order valence-electron chi connectivity index (χ4n) is 3.37. The third kappa shape index (κ3) is 4.93. The van der Waals surface area contributed by atoms with Gasteiger partial charge in [-0.1, -0.05) is 103 Å². The van der Waals surface area contributed by atoms with E-state index in [1.165, 1.54) is 21.9 Å². The first-order valence-corrected chi connectivity index (χ1v) is 9.03. The first kappa shape index (κ1) is 17.2. The molecule has 1 unspecified atom stereocenters. The molecule has 1 aliphatic rings. The summed E-state index contributed by atoms with van der Waals surface area (Å²) in [5, 5.41) is 2.62. The molecule has 3 rings (SSSR count). The van der Waals surface area contributed by atoms with Crippen LogP contribution in [0.3, 0.4) is 0 Å². The zero-order valence-electron chi connectivity index (χ0n) is 14.8. The van der Waals surface area contributed by atoms with Gasteiger partial charge in [-0.2, -0.15) is 0 Å². The molecule has 0 saturated heterocycles. The van der Waals surface area contributed by atoms with Gasteiger partial charge in [0.25, 0.3) is 0 Å². The number of benzene rings is 2. The van der Waals surface area contributed by atoms with Gasteiger partial charge in [0.1, 0.15) is 0 Å². The van der Waals surface area contributed by atoms with Crippen molar-refractivity contribution >= 4 is 10.8 Å². The summed E-state index contributed by atoms with van der Waals surface area (Å²) in [5.74, 6) is 0.632. The molecule has 0 heteroatoms. The third-order valence-electron chi connectivity index (χ3n) is 4.66. The number of hydrogen-bond donors (Lipinski definition) is 0. The first-order valence-electron chi connectivity index (χ1n) is 9.03. The van der Waals surface area contributed by atoms with Gasteiger partial charge in [0, 0.05) is 0 Å². The first-order chi connectivity index (χ1) is 12.2. The molecule has 0 aromatic heterocycles. The lowest BCUT2D eigenvalue weighted by atomic mass is 9.95. The lowest BCUT2D eigenvalue weighted by molar-refractivity contribution is 0.668.